The lowest BCUT2D eigenvalue weighted by molar-refractivity contribution is 0.252. The third kappa shape index (κ3) is 3.31. The van der Waals surface area contributed by atoms with Crippen molar-refractivity contribution in [3.05, 3.63) is 23.3 Å². The molecule has 2 heterocycles. The van der Waals surface area contributed by atoms with Gasteiger partial charge in [0, 0.05) is 17.3 Å². The van der Waals surface area contributed by atoms with E-state index < -0.39 is 0 Å². The summed E-state index contributed by atoms with van der Waals surface area (Å²) in [5.74, 6) is 1.49. The number of hydrogen-bond acceptors (Lipinski definition) is 4. The van der Waals surface area contributed by atoms with Crippen LogP contribution in [0.2, 0.25) is 0 Å². The Kier molecular flexibility index (Phi) is 4.21. The Balaban J connectivity index is 2.26. The number of rotatable bonds is 3. The highest BCUT2D eigenvalue weighted by atomic mass is 15.1. The average Bonchev–Trinajstić information content (AvgIpc) is 2.39. The molecule has 2 rings (SSSR count). The maximum atomic E-state index is 4.83. The van der Waals surface area contributed by atoms with Gasteiger partial charge >= 0.3 is 0 Å². The summed E-state index contributed by atoms with van der Waals surface area (Å²) in [6, 6.07) is 2.16. The Morgan fingerprint density at radius 1 is 1.26 bits per heavy atom. The number of aromatic nitrogens is 2. The zero-order chi connectivity index (χ0) is 14.0. The molecule has 0 atom stereocenters. The van der Waals surface area contributed by atoms with E-state index >= 15 is 0 Å². The van der Waals surface area contributed by atoms with Crippen molar-refractivity contribution in [2.24, 2.45) is 0 Å². The van der Waals surface area contributed by atoms with Crippen molar-refractivity contribution >= 4 is 0 Å². The second kappa shape index (κ2) is 5.55. The summed E-state index contributed by atoms with van der Waals surface area (Å²) >= 11 is 0. The highest BCUT2D eigenvalue weighted by Gasteiger charge is 2.25. The molecule has 19 heavy (non-hydrogen) atoms. The largest absolute Gasteiger partial charge is 0.308 e. The second-order valence-electron chi connectivity index (χ2n) is 6.21. The lowest BCUT2D eigenvalue weighted by Crippen LogP contribution is -2.36. The first kappa shape index (κ1) is 14.4. The molecule has 1 aromatic heterocycles. The van der Waals surface area contributed by atoms with Crippen LogP contribution in [0.3, 0.4) is 0 Å². The maximum absolute atomic E-state index is 4.83. The van der Waals surface area contributed by atoms with Gasteiger partial charge in [-0.2, -0.15) is 0 Å². The average molecular weight is 262 g/mol. The lowest BCUT2D eigenvalue weighted by atomic mass is 9.92. The SMILES string of the molecule is CNC(C)(C)c1nc(C)cc(C2CCN(C)CC2)n1. The fraction of sp³-hybridized carbons (Fsp3) is 0.733. The van der Waals surface area contributed by atoms with Crippen molar-refractivity contribution in [2.75, 3.05) is 27.2 Å². The minimum Gasteiger partial charge on any atom is -0.308 e. The number of nitrogens with zero attached hydrogens (tertiary/aromatic N) is 3. The summed E-state index contributed by atoms with van der Waals surface area (Å²) in [5.41, 5.74) is 2.12. The van der Waals surface area contributed by atoms with Gasteiger partial charge in [-0.15, -0.1) is 0 Å². The van der Waals surface area contributed by atoms with Crippen LogP contribution in [0.15, 0.2) is 6.07 Å². The molecule has 0 unspecified atom stereocenters. The summed E-state index contributed by atoms with van der Waals surface area (Å²) in [6.07, 6.45) is 2.40. The first-order valence-electron chi connectivity index (χ1n) is 7.16. The minimum atomic E-state index is -0.174. The van der Waals surface area contributed by atoms with Gasteiger partial charge < -0.3 is 10.2 Å². The molecule has 1 saturated heterocycles. The number of nitrogens with one attached hydrogen (secondary N) is 1. The van der Waals surface area contributed by atoms with E-state index in [9.17, 15) is 0 Å². The predicted molar refractivity (Wildman–Crippen MR) is 78.3 cm³/mol. The number of likely N-dealkylation sites (tertiary alicyclic amines) is 1. The van der Waals surface area contributed by atoms with Crippen LogP contribution in [-0.4, -0.2) is 42.1 Å². The summed E-state index contributed by atoms with van der Waals surface area (Å²) in [5, 5.41) is 3.29. The maximum Gasteiger partial charge on any atom is 0.148 e. The van der Waals surface area contributed by atoms with Crippen LogP contribution in [-0.2, 0) is 5.54 Å². The summed E-state index contributed by atoms with van der Waals surface area (Å²) in [7, 11) is 4.15. The van der Waals surface area contributed by atoms with Gasteiger partial charge in [-0.1, -0.05) is 0 Å². The van der Waals surface area contributed by atoms with Crippen LogP contribution in [0.4, 0.5) is 0 Å². The Hall–Kier alpha value is -1.00. The molecular formula is C15H26N4. The molecule has 106 valence electrons. The van der Waals surface area contributed by atoms with Gasteiger partial charge in [0.05, 0.1) is 5.54 Å². The van der Waals surface area contributed by atoms with Gasteiger partial charge in [0.2, 0.25) is 0 Å². The van der Waals surface area contributed by atoms with Crippen molar-refractivity contribution in [1.29, 1.82) is 0 Å². The fourth-order valence-corrected chi connectivity index (χ4v) is 2.50. The summed E-state index contributed by atoms with van der Waals surface area (Å²) in [6.45, 7) is 8.65. The van der Waals surface area contributed by atoms with E-state index in [1.807, 2.05) is 7.05 Å². The first-order valence-corrected chi connectivity index (χ1v) is 7.16. The molecule has 0 spiro atoms. The molecule has 1 aromatic rings. The van der Waals surface area contributed by atoms with E-state index in [-0.39, 0.29) is 5.54 Å². The van der Waals surface area contributed by atoms with Gasteiger partial charge in [0.1, 0.15) is 5.82 Å². The van der Waals surface area contributed by atoms with Crippen molar-refractivity contribution < 1.29 is 0 Å². The van der Waals surface area contributed by atoms with Gasteiger partial charge in [0.25, 0.3) is 0 Å². The Bertz CT molecular complexity index is 434. The van der Waals surface area contributed by atoms with Crippen LogP contribution >= 0.6 is 0 Å². The first-order chi connectivity index (χ1) is 8.92. The number of hydrogen-bond donors (Lipinski definition) is 1. The third-order valence-electron chi connectivity index (χ3n) is 4.19. The van der Waals surface area contributed by atoms with E-state index in [0.29, 0.717) is 5.92 Å². The van der Waals surface area contributed by atoms with Crippen LogP contribution in [0.5, 0.6) is 0 Å². The Labute approximate surface area is 116 Å². The molecule has 1 fully saturated rings. The van der Waals surface area contributed by atoms with Crippen LogP contribution < -0.4 is 5.32 Å². The van der Waals surface area contributed by atoms with Crippen molar-refractivity contribution in [3.8, 4) is 0 Å². The van der Waals surface area contributed by atoms with Crippen molar-refractivity contribution in [1.82, 2.24) is 20.2 Å². The molecule has 0 saturated carbocycles. The molecule has 0 radical (unpaired) electrons. The van der Waals surface area contributed by atoms with Crippen LogP contribution in [0.1, 0.15) is 49.8 Å². The summed E-state index contributed by atoms with van der Waals surface area (Å²) < 4.78 is 0. The summed E-state index contributed by atoms with van der Waals surface area (Å²) in [4.78, 5) is 11.8. The fourth-order valence-electron chi connectivity index (χ4n) is 2.50. The van der Waals surface area contributed by atoms with Crippen LogP contribution in [0, 0.1) is 6.92 Å². The molecule has 1 N–H and O–H groups in total. The van der Waals surface area contributed by atoms with Gasteiger partial charge in [-0.25, -0.2) is 9.97 Å². The smallest absolute Gasteiger partial charge is 0.148 e. The zero-order valence-electron chi connectivity index (χ0n) is 12.8. The topological polar surface area (TPSA) is 41.1 Å². The molecule has 4 nitrogen and oxygen atoms in total. The monoisotopic (exact) mass is 262 g/mol. The van der Waals surface area contributed by atoms with E-state index in [1.165, 1.54) is 31.6 Å². The van der Waals surface area contributed by atoms with E-state index in [1.54, 1.807) is 0 Å². The molecule has 0 bridgehead atoms. The van der Waals surface area contributed by atoms with Gasteiger partial charge in [-0.05, 0) is 66.9 Å². The van der Waals surface area contributed by atoms with Gasteiger partial charge in [0.15, 0.2) is 0 Å². The van der Waals surface area contributed by atoms with E-state index in [2.05, 4.69) is 49.1 Å². The zero-order valence-corrected chi connectivity index (χ0v) is 12.8. The highest BCUT2D eigenvalue weighted by Crippen LogP contribution is 2.27. The highest BCUT2D eigenvalue weighted by molar-refractivity contribution is 5.18. The number of aryl methyl sites for hydroxylation is 1. The van der Waals surface area contributed by atoms with E-state index in [0.717, 1.165) is 11.5 Å². The predicted octanol–water partition coefficient (Wildman–Crippen LogP) is 2.05. The van der Waals surface area contributed by atoms with E-state index in [4.69, 9.17) is 4.98 Å². The lowest BCUT2D eigenvalue weighted by Gasteiger charge is -2.30. The molecule has 4 heteroatoms. The molecule has 1 aliphatic heterocycles. The molecule has 1 aliphatic rings. The molecule has 0 aliphatic carbocycles. The molecule has 0 amide bonds. The minimum absolute atomic E-state index is 0.174. The third-order valence-corrected chi connectivity index (χ3v) is 4.19. The Morgan fingerprint density at radius 3 is 2.47 bits per heavy atom. The number of piperidine rings is 1. The molecular weight excluding hydrogens is 236 g/mol. The quantitative estimate of drug-likeness (QED) is 0.905. The molecule has 0 aromatic carbocycles. The van der Waals surface area contributed by atoms with Gasteiger partial charge in [-0.3, -0.25) is 0 Å². The standard InChI is InChI=1S/C15H26N4/c1-11-10-13(12-6-8-19(5)9-7-12)18-14(17-11)15(2,3)16-4/h10,12,16H,6-9H2,1-5H3. The Morgan fingerprint density at radius 2 is 1.89 bits per heavy atom. The second-order valence-corrected chi connectivity index (χ2v) is 6.21. The normalized spacial score (nSPS) is 18.8. The van der Waals surface area contributed by atoms with Crippen molar-refractivity contribution in [2.45, 2.75) is 45.1 Å². The van der Waals surface area contributed by atoms with Crippen molar-refractivity contribution in [3.63, 3.8) is 0 Å². The van der Waals surface area contributed by atoms with Crippen LogP contribution in [0.25, 0.3) is 0 Å².